The van der Waals surface area contributed by atoms with Crippen LogP contribution in [0.3, 0.4) is 0 Å². The number of nitrogens with zero attached hydrogens (tertiary/aromatic N) is 3. The number of furan rings is 1. The standard InChI is InChI=1S/C51H31N3OS/c1-3-11-34(12-4-1)49-52-50(35-13-5-2-6-14-35)54-51(53-49)39-16-9-15-38(29-39)40-18-10-19-44-48(40)43-28-26-36(30-45(43)55-44)32-21-23-33(24-22-32)37-25-27-42-41-17-7-8-20-46(41)56-47(42)31-37/h1-31H. The van der Waals surface area contributed by atoms with Crippen LogP contribution in [-0.4, -0.2) is 15.0 Å². The Bertz CT molecular complexity index is 3180. The maximum absolute atomic E-state index is 6.55. The van der Waals surface area contributed by atoms with Crippen LogP contribution >= 0.6 is 11.3 Å². The molecule has 8 aromatic carbocycles. The van der Waals surface area contributed by atoms with E-state index >= 15 is 0 Å². The summed E-state index contributed by atoms with van der Waals surface area (Å²) in [6, 6.07) is 65.7. The summed E-state index contributed by atoms with van der Waals surface area (Å²) < 4.78 is 9.19. The molecule has 0 fully saturated rings. The van der Waals surface area contributed by atoms with Crippen molar-refractivity contribution < 1.29 is 4.42 Å². The van der Waals surface area contributed by atoms with Crippen LogP contribution in [0.15, 0.2) is 192 Å². The second-order valence-electron chi connectivity index (χ2n) is 14.0. The van der Waals surface area contributed by atoms with E-state index in [1.54, 1.807) is 0 Å². The molecular weight excluding hydrogens is 703 g/mol. The van der Waals surface area contributed by atoms with Gasteiger partial charge in [0.25, 0.3) is 0 Å². The molecule has 0 aliphatic rings. The number of aromatic nitrogens is 3. The van der Waals surface area contributed by atoms with Gasteiger partial charge in [0.2, 0.25) is 0 Å². The topological polar surface area (TPSA) is 51.8 Å². The van der Waals surface area contributed by atoms with Gasteiger partial charge in [-0.2, -0.15) is 0 Å². The van der Waals surface area contributed by atoms with Gasteiger partial charge in [0.15, 0.2) is 17.5 Å². The van der Waals surface area contributed by atoms with Gasteiger partial charge in [-0.05, 0) is 69.8 Å². The molecule has 0 radical (unpaired) electrons. The average molecular weight is 734 g/mol. The lowest BCUT2D eigenvalue weighted by Crippen LogP contribution is -2.00. The highest BCUT2D eigenvalue weighted by atomic mass is 32.1. The van der Waals surface area contributed by atoms with E-state index in [0.29, 0.717) is 17.5 Å². The van der Waals surface area contributed by atoms with Gasteiger partial charge in [-0.1, -0.05) is 152 Å². The molecule has 262 valence electrons. The smallest absolute Gasteiger partial charge is 0.164 e. The quantitative estimate of drug-likeness (QED) is 0.171. The normalized spacial score (nSPS) is 11.6. The zero-order valence-corrected chi connectivity index (χ0v) is 30.9. The van der Waals surface area contributed by atoms with E-state index in [-0.39, 0.29) is 0 Å². The van der Waals surface area contributed by atoms with Crippen LogP contribution in [0, 0.1) is 0 Å². The molecule has 11 aromatic rings. The summed E-state index contributed by atoms with van der Waals surface area (Å²) in [6.45, 7) is 0. The Morgan fingerprint density at radius 1 is 0.321 bits per heavy atom. The van der Waals surface area contributed by atoms with Gasteiger partial charge in [-0.25, -0.2) is 15.0 Å². The molecular formula is C51H31N3OS. The van der Waals surface area contributed by atoms with Crippen LogP contribution in [-0.2, 0) is 0 Å². The maximum Gasteiger partial charge on any atom is 0.164 e. The van der Waals surface area contributed by atoms with Crippen LogP contribution in [0.2, 0.25) is 0 Å². The first-order chi connectivity index (χ1) is 27.7. The van der Waals surface area contributed by atoms with Gasteiger partial charge in [0.05, 0.1) is 0 Å². The summed E-state index contributed by atoms with van der Waals surface area (Å²) in [5.41, 5.74) is 11.4. The highest BCUT2D eigenvalue weighted by molar-refractivity contribution is 7.25. The molecule has 0 saturated heterocycles. The molecule has 0 spiro atoms. The minimum Gasteiger partial charge on any atom is -0.456 e. The number of hydrogen-bond donors (Lipinski definition) is 0. The fraction of sp³-hybridized carbons (Fsp3) is 0. The molecule has 0 unspecified atom stereocenters. The molecule has 0 bridgehead atoms. The van der Waals surface area contributed by atoms with E-state index in [9.17, 15) is 0 Å². The molecule has 56 heavy (non-hydrogen) atoms. The molecule has 3 aromatic heterocycles. The number of benzene rings is 8. The molecule has 3 heterocycles. The van der Waals surface area contributed by atoms with Crippen LogP contribution < -0.4 is 0 Å². The third-order valence-electron chi connectivity index (χ3n) is 10.6. The minimum atomic E-state index is 0.625. The third kappa shape index (κ3) is 5.65. The number of rotatable bonds is 6. The molecule has 0 amide bonds. The van der Waals surface area contributed by atoms with Crippen molar-refractivity contribution in [1.29, 1.82) is 0 Å². The molecule has 0 aliphatic carbocycles. The van der Waals surface area contributed by atoms with Crippen molar-refractivity contribution in [2.75, 3.05) is 0 Å². The summed E-state index contributed by atoms with van der Waals surface area (Å²) in [4.78, 5) is 14.8. The predicted molar refractivity (Wildman–Crippen MR) is 233 cm³/mol. The predicted octanol–water partition coefficient (Wildman–Crippen LogP) is 14.1. The Labute approximate surface area is 327 Å². The second-order valence-corrected chi connectivity index (χ2v) is 15.1. The lowest BCUT2D eigenvalue weighted by atomic mass is 9.96. The van der Waals surface area contributed by atoms with Crippen molar-refractivity contribution in [3.63, 3.8) is 0 Å². The van der Waals surface area contributed by atoms with Crippen molar-refractivity contribution in [2.45, 2.75) is 0 Å². The van der Waals surface area contributed by atoms with E-state index < -0.39 is 0 Å². The Morgan fingerprint density at radius 3 is 1.57 bits per heavy atom. The second kappa shape index (κ2) is 13.3. The summed E-state index contributed by atoms with van der Waals surface area (Å²) in [7, 11) is 0. The highest BCUT2D eigenvalue weighted by Crippen LogP contribution is 2.40. The zero-order chi connectivity index (χ0) is 37.0. The fourth-order valence-corrected chi connectivity index (χ4v) is 8.92. The van der Waals surface area contributed by atoms with E-state index in [2.05, 4.69) is 127 Å². The zero-order valence-electron chi connectivity index (χ0n) is 30.1. The molecule has 5 heteroatoms. The monoisotopic (exact) mass is 733 g/mol. The summed E-state index contributed by atoms with van der Waals surface area (Å²) in [5.74, 6) is 1.91. The Kier molecular flexibility index (Phi) is 7.64. The van der Waals surface area contributed by atoms with Gasteiger partial charge < -0.3 is 4.42 Å². The largest absolute Gasteiger partial charge is 0.456 e. The summed E-state index contributed by atoms with van der Waals surface area (Å²) in [5, 5.41) is 4.81. The number of hydrogen-bond acceptors (Lipinski definition) is 5. The Morgan fingerprint density at radius 2 is 0.857 bits per heavy atom. The highest BCUT2D eigenvalue weighted by Gasteiger charge is 2.17. The van der Waals surface area contributed by atoms with Gasteiger partial charge >= 0.3 is 0 Å². The Hall–Kier alpha value is -7.21. The third-order valence-corrected chi connectivity index (χ3v) is 11.7. The lowest BCUT2D eigenvalue weighted by Gasteiger charge is -2.10. The molecule has 0 aliphatic heterocycles. The first-order valence-corrected chi connectivity index (χ1v) is 19.5. The summed E-state index contributed by atoms with van der Waals surface area (Å²) >= 11 is 1.85. The Balaban J connectivity index is 0.943. The van der Waals surface area contributed by atoms with Crippen molar-refractivity contribution in [3.8, 4) is 67.5 Å². The minimum absolute atomic E-state index is 0.625. The first kappa shape index (κ1) is 32.2. The summed E-state index contributed by atoms with van der Waals surface area (Å²) in [6.07, 6.45) is 0. The van der Waals surface area contributed by atoms with Crippen molar-refractivity contribution in [2.24, 2.45) is 0 Å². The van der Waals surface area contributed by atoms with Crippen LogP contribution in [0.5, 0.6) is 0 Å². The molecule has 4 nitrogen and oxygen atoms in total. The van der Waals surface area contributed by atoms with E-state index in [1.807, 2.05) is 72.0 Å². The SMILES string of the molecule is c1ccc(-c2nc(-c3ccccc3)nc(-c3cccc(-c4cccc5oc6cc(-c7ccc(-c8ccc9c(c8)sc8ccccc89)cc7)ccc6c45)c3)n2)cc1. The van der Waals surface area contributed by atoms with Crippen LogP contribution in [0.4, 0.5) is 0 Å². The maximum atomic E-state index is 6.55. The van der Waals surface area contributed by atoms with E-state index in [0.717, 1.165) is 60.9 Å². The van der Waals surface area contributed by atoms with Crippen molar-refractivity contribution in [3.05, 3.63) is 188 Å². The number of thiophene rings is 1. The molecule has 11 rings (SSSR count). The van der Waals surface area contributed by atoms with Crippen LogP contribution in [0.25, 0.3) is 110 Å². The van der Waals surface area contributed by atoms with Gasteiger partial charge in [0, 0.05) is 47.6 Å². The number of fused-ring (bicyclic) bond motifs is 6. The first-order valence-electron chi connectivity index (χ1n) is 18.7. The van der Waals surface area contributed by atoms with Crippen molar-refractivity contribution in [1.82, 2.24) is 15.0 Å². The molecule has 0 N–H and O–H groups in total. The average Bonchev–Trinajstić information content (AvgIpc) is 3.85. The van der Waals surface area contributed by atoms with Crippen LogP contribution in [0.1, 0.15) is 0 Å². The van der Waals surface area contributed by atoms with Gasteiger partial charge in [-0.15, -0.1) is 11.3 Å². The van der Waals surface area contributed by atoms with E-state index in [4.69, 9.17) is 19.4 Å². The van der Waals surface area contributed by atoms with E-state index in [1.165, 1.54) is 31.3 Å². The molecule has 0 saturated carbocycles. The van der Waals surface area contributed by atoms with Gasteiger partial charge in [-0.3, -0.25) is 0 Å². The lowest BCUT2D eigenvalue weighted by molar-refractivity contribution is 0.669. The molecule has 0 atom stereocenters. The fourth-order valence-electron chi connectivity index (χ4n) is 7.77. The van der Waals surface area contributed by atoms with Crippen molar-refractivity contribution >= 4 is 53.4 Å². The van der Waals surface area contributed by atoms with Gasteiger partial charge in [0.1, 0.15) is 11.2 Å².